The Hall–Kier alpha value is -4.07. The molecule has 0 bridgehead atoms. The van der Waals surface area contributed by atoms with E-state index in [2.05, 4.69) is 20.9 Å². The zero-order valence-corrected chi connectivity index (χ0v) is 15.4. The first-order valence-electron chi connectivity index (χ1n) is 8.62. The maximum atomic E-state index is 14.0. The van der Waals surface area contributed by atoms with Crippen molar-refractivity contribution >= 4 is 34.8 Å². The zero-order valence-electron chi connectivity index (χ0n) is 15.4. The number of anilines is 3. The number of nitrogens with one attached hydrogen (secondary N) is 3. The molecule has 7 nitrogen and oxygen atoms in total. The number of carbonyl (C=O) groups is 3. The molecule has 146 valence electrons. The second-order valence-corrected chi connectivity index (χ2v) is 6.10. The molecular formula is C21H17FN4O3. The number of rotatable bonds is 5. The molecule has 29 heavy (non-hydrogen) atoms. The van der Waals surface area contributed by atoms with Crippen LogP contribution in [0.25, 0.3) is 0 Å². The number of pyridine rings is 1. The van der Waals surface area contributed by atoms with Gasteiger partial charge in [-0.15, -0.1) is 0 Å². The van der Waals surface area contributed by atoms with Crippen LogP contribution in [0.15, 0.2) is 67.0 Å². The van der Waals surface area contributed by atoms with E-state index in [1.807, 2.05) is 0 Å². The van der Waals surface area contributed by atoms with E-state index in [0.717, 1.165) is 6.07 Å². The van der Waals surface area contributed by atoms with Gasteiger partial charge in [0.25, 0.3) is 11.8 Å². The maximum absolute atomic E-state index is 14.0. The third-order valence-corrected chi connectivity index (χ3v) is 3.86. The highest BCUT2D eigenvalue weighted by atomic mass is 19.1. The van der Waals surface area contributed by atoms with Crippen molar-refractivity contribution in [1.29, 1.82) is 0 Å². The highest BCUT2D eigenvalue weighted by Crippen LogP contribution is 2.18. The third kappa shape index (κ3) is 5.23. The number of hydrogen-bond acceptors (Lipinski definition) is 4. The molecule has 0 fully saturated rings. The smallest absolute Gasteiger partial charge is 0.258 e. The van der Waals surface area contributed by atoms with Crippen molar-refractivity contribution < 1.29 is 18.8 Å². The lowest BCUT2D eigenvalue weighted by molar-refractivity contribution is -0.114. The summed E-state index contributed by atoms with van der Waals surface area (Å²) in [7, 11) is 0. The molecule has 0 aliphatic heterocycles. The van der Waals surface area contributed by atoms with Crippen LogP contribution in [-0.2, 0) is 4.79 Å². The molecule has 8 heteroatoms. The molecule has 0 saturated heterocycles. The Labute approximate surface area is 166 Å². The minimum atomic E-state index is -0.718. The van der Waals surface area contributed by atoms with Gasteiger partial charge in [-0.2, -0.15) is 0 Å². The first kappa shape index (κ1) is 19.7. The molecule has 3 rings (SSSR count). The number of halogens is 1. The molecule has 0 atom stereocenters. The molecule has 0 aliphatic rings. The van der Waals surface area contributed by atoms with Crippen LogP contribution in [-0.4, -0.2) is 22.7 Å². The van der Waals surface area contributed by atoms with Gasteiger partial charge in [0.05, 0.1) is 17.4 Å². The second-order valence-electron chi connectivity index (χ2n) is 6.10. The van der Waals surface area contributed by atoms with E-state index >= 15 is 0 Å². The van der Waals surface area contributed by atoms with Crippen molar-refractivity contribution in [3.05, 3.63) is 83.9 Å². The predicted octanol–water partition coefficient (Wildman–Crippen LogP) is 3.68. The van der Waals surface area contributed by atoms with Crippen molar-refractivity contribution in [2.75, 3.05) is 16.0 Å². The Balaban J connectivity index is 1.69. The standard InChI is InChI=1S/C21H17FN4O3/c1-13(27)24-16-8-9-19(22)18(11-16)21(29)25-15-6-4-14(5-7-15)20(28)26-17-3-2-10-23-12-17/h2-12H,1H3,(H,24,27)(H,25,29)(H,26,28). The number of aromatic nitrogens is 1. The number of hydrogen-bond donors (Lipinski definition) is 3. The van der Waals surface area contributed by atoms with Crippen LogP contribution in [0.3, 0.4) is 0 Å². The Morgan fingerprint density at radius 1 is 0.828 bits per heavy atom. The van der Waals surface area contributed by atoms with Crippen molar-refractivity contribution in [1.82, 2.24) is 4.98 Å². The van der Waals surface area contributed by atoms with Gasteiger partial charge in [-0.3, -0.25) is 19.4 Å². The SMILES string of the molecule is CC(=O)Nc1ccc(F)c(C(=O)Nc2ccc(C(=O)Nc3cccnc3)cc2)c1. The summed E-state index contributed by atoms with van der Waals surface area (Å²) in [6.45, 7) is 1.31. The number of benzene rings is 2. The van der Waals surface area contributed by atoms with E-state index < -0.39 is 11.7 Å². The van der Waals surface area contributed by atoms with E-state index in [4.69, 9.17) is 0 Å². The van der Waals surface area contributed by atoms with Crippen molar-refractivity contribution in [3.63, 3.8) is 0 Å². The molecule has 0 radical (unpaired) electrons. The van der Waals surface area contributed by atoms with Crippen LogP contribution >= 0.6 is 0 Å². The minimum Gasteiger partial charge on any atom is -0.326 e. The van der Waals surface area contributed by atoms with E-state index in [0.29, 0.717) is 22.6 Å². The fraction of sp³-hybridized carbons (Fsp3) is 0.0476. The number of amides is 3. The van der Waals surface area contributed by atoms with Crippen molar-refractivity contribution in [2.45, 2.75) is 6.92 Å². The average Bonchev–Trinajstić information content (AvgIpc) is 2.70. The summed E-state index contributed by atoms with van der Waals surface area (Å²) in [4.78, 5) is 39.7. The Morgan fingerprint density at radius 3 is 2.17 bits per heavy atom. The summed E-state index contributed by atoms with van der Waals surface area (Å²) in [6, 6.07) is 13.3. The second kappa shape index (κ2) is 8.75. The fourth-order valence-corrected chi connectivity index (χ4v) is 2.52. The third-order valence-electron chi connectivity index (χ3n) is 3.86. The van der Waals surface area contributed by atoms with Gasteiger partial charge in [0.15, 0.2) is 0 Å². The molecule has 3 aromatic rings. The summed E-state index contributed by atoms with van der Waals surface area (Å²) in [6.07, 6.45) is 3.12. The Morgan fingerprint density at radius 2 is 1.52 bits per heavy atom. The predicted molar refractivity (Wildman–Crippen MR) is 107 cm³/mol. The van der Waals surface area contributed by atoms with Gasteiger partial charge in [0.1, 0.15) is 5.82 Å². The van der Waals surface area contributed by atoms with Crippen molar-refractivity contribution in [3.8, 4) is 0 Å². The van der Waals surface area contributed by atoms with Gasteiger partial charge in [0.2, 0.25) is 5.91 Å². The lowest BCUT2D eigenvalue weighted by Crippen LogP contribution is -2.15. The molecule has 0 aliphatic carbocycles. The fourth-order valence-electron chi connectivity index (χ4n) is 2.52. The van der Waals surface area contributed by atoms with Gasteiger partial charge >= 0.3 is 0 Å². The quantitative estimate of drug-likeness (QED) is 0.617. The first-order valence-corrected chi connectivity index (χ1v) is 8.62. The largest absolute Gasteiger partial charge is 0.326 e. The van der Waals surface area contributed by atoms with Crippen LogP contribution < -0.4 is 16.0 Å². The lowest BCUT2D eigenvalue weighted by Gasteiger charge is -2.09. The lowest BCUT2D eigenvalue weighted by atomic mass is 10.1. The van der Waals surface area contributed by atoms with Crippen LogP contribution in [0, 0.1) is 5.82 Å². The summed E-state index contributed by atoms with van der Waals surface area (Å²) in [5.74, 6) is -2.06. The summed E-state index contributed by atoms with van der Waals surface area (Å²) in [5.41, 5.74) is 1.42. The van der Waals surface area contributed by atoms with Gasteiger partial charge in [-0.1, -0.05) is 0 Å². The Kier molecular flexibility index (Phi) is 5.94. The highest BCUT2D eigenvalue weighted by Gasteiger charge is 2.14. The molecule has 3 amide bonds. The van der Waals surface area contributed by atoms with Crippen LogP contribution in [0.4, 0.5) is 21.5 Å². The van der Waals surface area contributed by atoms with E-state index in [1.165, 1.54) is 49.5 Å². The molecule has 1 heterocycles. The maximum Gasteiger partial charge on any atom is 0.258 e. The number of carbonyl (C=O) groups excluding carboxylic acids is 3. The summed E-state index contributed by atoms with van der Waals surface area (Å²) < 4.78 is 14.0. The zero-order chi connectivity index (χ0) is 20.8. The van der Waals surface area contributed by atoms with E-state index in [1.54, 1.807) is 18.3 Å². The first-order chi connectivity index (χ1) is 13.9. The van der Waals surface area contributed by atoms with Gasteiger partial charge in [-0.25, -0.2) is 4.39 Å². The summed E-state index contributed by atoms with van der Waals surface area (Å²) >= 11 is 0. The van der Waals surface area contributed by atoms with Crippen LogP contribution in [0.5, 0.6) is 0 Å². The Bertz CT molecular complexity index is 1050. The number of nitrogens with zero attached hydrogens (tertiary/aromatic N) is 1. The minimum absolute atomic E-state index is 0.213. The molecule has 0 unspecified atom stereocenters. The monoisotopic (exact) mass is 392 g/mol. The molecular weight excluding hydrogens is 375 g/mol. The highest BCUT2D eigenvalue weighted by molar-refractivity contribution is 6.07. The normalized spacial score (nSPS) is 10.1. The topological polar surface area (TPSA) is 100 Å². The van der Waals surface area contributed by atoms with Crippen molar-refractivity contribution in [2.24, 2.45) is 0 Å². The molecule has 0 spiro atoms. The van der Waals surface area contributed by atoms with Gasteiger partial charge in [0, 0.05) is 30.1 Å². The van der Waals surface area contributed by atoms with E-state index in [-0.39, 0.29) is 17.4 Å². The van der Waals surface area contributed by atoms with Gasteiger partial charge in [-0.05, 0) is 54.6 Å². The molecule has 3 N–H and O–H groups in total. The average molecular weight is 392 g/mol. The summed E-state index contributed by atoms with van der Waals surface area (Å²) in [5, 5.41) is 7.76. The van der Waals surface area contributed by atoms with Crippen LogP contribution in [0.1, 0.15) is 27.6 Å². The molecule has 1 aromatic heterocycles. The van der Waals surface area contributed by atoms with Crippen LogP contribution in [0.2, 0.25) is 0 Å². The molecule has 0 saturated carbocycles. The molecule has 2 aromatic carbocycles. The van der Waals surface area contributed by atoms with E-state index in [9.17, 15) is 18.8 Å². The van der Waals surface area contributed by atoms with Gasteiger partial charge < -0.3 is 16.0 Å².